The number of ether oxygens (including phenoxy) is 3. The van der Waals surface area contributed by atoms with Gasteiger partial charge in [-0.05, 0) is 31.4 Å². The second kappa shape index (κ2) is 7.62. The molecule has 3 aliphatic rings. The van der Waals surface area contributed by atoms with Crippen LogP contribution in [0.15, 0.2) is 18.2 Å². The molecule has 2 saturated heterocycles. The van der Waals surface area contributed by atoms with Gasteiger partial charge in [0.1, 0.15) is 13.2 Å². The van der Waals surface area contributed by atoms with Crippen molar-refractivity contribution in [3.05, 3.63) is 23.8 Å². The standard InChI is InChI=1S/C19H26N2O4/c22-19(16-5-3-6-17-18(16)25-13-12-24-17)21-7-2-1-4-15(21)14-20-8-10-23-11-9-20/h3,5-6,15H,1-2,4,7-14H2/t15-/m0/s1. The van der Waals surface area contributed by atoms with Crippen LogP contribution in [0.1, 0.15) is 29.6 Å². The molecule has 0 saturated carbocycles. The molecule has 0 spiro atoms. The quantitative estimate of drug-likeness (QED) is 0.835. The number of nitrogens with zero attached hydrogens (tertiary/aromatic N) is 2. The summed E-state index contributed by atoms with van der Waals surface area (Å²) < 4.78 is 16.8. The summed E-state index contributed by atoms with van der Waals surface area (Å²) in [5.74, 6) is 1.36. The highest BCUT2D eigenvalue weighted by molar-refractivity contribution is 5.98. The van der Waals surface area contributed by atoms with Gasteiger partial charge in [-0.3, -0.25) is 9.69 Å². The fraction of sp³-hybridized carbons (Fsp3) is 0.632. The van der Waals surface area contributed by atoms with E-state index >= 15 is 0 Å². The fourth-order valence-electron chi connectivity index (χ4n) is 3.94. The summed E-state index contributed by atoms with van der Waals surface area (Å²) in [5.41, 5.74) is 0.631. The summed E-state index contributed by atoms with van der Waals surface area (Å²) in [6.45, 7) is 6.27. The molecule has 0 bridgehead atoms. The van der Waals surface area contributed by atoms with Crippen molar-refractivity contribution in [1.82, 2.24) is 9.80 Å². The van der Waals surface area contributed by atoms with Gasteiger partial charge in [-0.1, -0.05) is 6.07 Å². The Morgan fingerprint density at radius 2 is 1.88 bits per heavy atom. The van der Waals surface area contributed by atoms with Crippen LogP contribution in [0.2, 0.25) is 0 Å². The van der Waals surface area contributed by atoms with Crippen molar-refractivity contribution in [2.24, 2.45) is 0 Å². The van der Waals surface area contributed by atoms with E-state index in [1.807, 2.05) is 23.1 Å². The van der Waals surface area contributed by atoms with Crippen molar-refractivity contribution in [3.8, 4) is 11.5 Å². The highest BCUT2D eigenvalue weighted by Gasteiger charge is 2.32. The molecule has 1 atom stereocenters. The van der Waals surface area contributed by atoms with E-state index in [9.17, 15) is 4.79 Å². The van der Waals surface area contributed by atoms with Crippen LogP contribution in [0, 0.1) is 0 Å². The molecule has 0 radical (unpaired) electrons. The van der Waals surface area contributed by atoms with Crippen LogP contribution in [0.5, 0.6) is 11.5 Å². The van der Waals surface area contributed by atoms with Crippen LogP contribution in [0.4, 0.5) is 0 Å². The van der Waals surface area contributed by atoms with Crippen LogP contribution in [0.3, 0.4) is 0 Å². The molecule has 0 aliphatic carbocycles. The molecule has 3 aliphatic heterocycles. The minimum atomic E-state index is 0.0697. The molecule has 25 heavy (non-hydrogen) atoms. The van der Waals surface area contributed by atoms with E-state index in [0.717, 1.165) is 52.2 Å². The normalized spacial score (nSPS) is 24.2. The van der Waals surface area contributed by atoms with E-state index in [1.165, 1.54) is 6.42 Å². The number of piperidine rings is 1. The highest BCUT2D eigenvalue weighted by Crippen LogP contribution is 2.35. The lowest BCUT2D eigenvalue weighted by molar-refractivity contribution is 0.0164. The Morgan fingerprint density at radius 1 is 1.04 bits per heavy atom. The molecule has 2 fully saturated rings. The second-order valence-corrected chi connectivity index (χ2v) is 6.89. The first-order valence-electron chi connectivity index (χ1n) is 9.32. The summed E-state index contributed by atoms with van der Waals surface area (Å²) in [6.07, 6.45) is 3.32. The van der Waals surface area contributed by atoms with Gasteiger partial charge in [-0.25, -0.2) is 0 Å². The highest BCUT2D eigenvalue weighted by atomic mass is 16.6. The molecule has 3 heterocycles. The predicted octanol–water partition coefficient (Wildman–Crippen LogP) is 1.78. The van der Waals surface area contributed by atoms with Crippen LogP contribution in [-0.2, 0) is 4.74 Å². The number of amides is 1. The molecule has 0 aromatic heterocycles. The molecule has 4 rings (SSSR count). The van der Waals surface area contributed by atoms with Crippen molar-refractivity contribution in [1.29, 1.82) is 0 Å². The van der Waals surface area contributed by atoms with E-state index in [0.29, 0.717) is 30.3 Å². The lowest BCUT2D eigenvalue weighted by Crippen LogP contribution is -2.51. The Morgan fingerprint density at radius 3 is 2.76 bits per heavy atom. The Balaban J connectivity index is 1.53. The van der Waals surface area contributed by atoms with Crippen molar-refractivity contribution < 1.29 is 19.0 Å². The summed E-state index contributed by atoms with van der Waals surface area (Å²) >= 11 is 0. The SMILES string of the molecule is O=C(c1cccc2c1OCCO2)N1CCCC[C@H]1CN1CCOCC1. The third-order valence-corrected chi connectivity index (χ3v) is 5.26. The maximum atomic E-state index is 13.3. The van der Waals surface area contributed by atoms with Crippen LogP contribution >= 0.6 is 0 Å². The molecular weight excluding hydrogens is 320 g/mol. The number of hydrogen-bond acceptors (Lipinski definition) is 5. The van der Waals surface area contributed by atoms with Gasteiger partial charge in [0.15, 0.2) is 11.5 Å². The number of fused-ring (bicyclic) bond motifs is 1. The van der Waals surface area contributed by atoms with Crippen LogP contribution < -0.4 is 9.47 Å². The maximum absolute atomic E-state index is 13.3. The molecule has 1 aromatic rings. The first-order valence-corrected chi connectivity index (χ1v) is 9.32. The molecule has 1 amide bonds. The Bertz CT molecular complexity index is 615. The van der Waals surface area contributed by atoms with Gasteiger partial charge in [0.05, 0.1) is 18.8 Å². The zero-order valence-electron chi connectivity index (χ0n) is 14.6. The average Bonchev–Trinajstić information content (AvgIpc) is 2.68. The second-order valence-electron chi connectivity index (χ2n) is 6.89. The van der Waals surface area contributed by atoms with E-state index in [-0.39, 0.29) is 11.9 Å². The Hall–Kier alpha value is -1.79. The van der Waals surface area contributed by atoms with E-state index in [2.05, 4.69) is 4.90 Å². The number of morpholine rings is 1. The Labute approximate surface area is 148 Å². The lowest BCUT2D eigenvalue weighted by Gasteiger charge is -2.40. The minimum absolute atomic E-state index is 0.0697. The Kier molecular flexibility index (Phi) is 5.08. The summed E-state index contributed by atoms with van der Waals surface area (Å²) in [7, 11) is 0. The largest absolute Gasteiger partial charge is 0.486 e. The lowest BCUT2D eigenvalue weighted by atomic mass is 9.99. The predicted molar refractivity (Wildman–Crippen MR) is 93.4 cm³/mol. The number of carbonyl (C=O) groups is 1. The van der Waals surface area contributed by atoms with Crippen molar-refractivity contribution in [2.45, 2.75) is 25.3 Å². The zero-order chi connectivity index (χ0) is 17.1. The fourth-order valence-corrected chi connectivity index (χ4v) is 3.94. The maximum Gasteiger partial charge on any atom is 0.258 e. The van der Waals surface area contributed by atoms with E-state index < -0.39 is 0 Å². The first kappa shape index (κ1) is 16.7. The number of hydrogen-bond donors (Lipinski definition) is 0. The molecule has 0 N–H and O–H groups in total. The van der Waals surface area contributed by atoms with Crippen molar-refractivity contribution >= 4 is 5.91 Å². The van der Waals surface area contributed by atoms with Gasteiger partial charge in [-0.2, -0.15) is 0 Å². The molecule has 1 aromatic carbocycles. The number of likely N-dealkylation sites (tertiary alicyclic amines) is 1. The number of carbonyl (C=O) groups excluding carboxylic acids is 1. The summed E-state index contributed by atoms with van der Waals surface area (Å²) in [4.78, 5) is 17.7. The van der Waals surface area contributed by atoms with Gasteiger partial charge in [0.25, 0.3) is 5.91 Å². The zero-order valence-corrected chi connectivity index (χ0v) is 14.6. The minimum Gasteiger partial charge on any atom is -0.486 e. The monoisotopic (exact) mass is 346 g/mol. The molecule has 0 unspecified atom stereocenters. The molecule has 6 nitrogen and oxygen atoms in total. The van der Waals surface area contributed by atoms with Crippen molar-refractivity contribution in [2.75, 3.05) is 52.6 Å². The molecular formula is C19H26N2O4. The first-order chi connectivity index (χ1) is 12.3. The molecule has 136 valence electrons. The topological polar surface area (TPSA) is 51.2 Å². The van der Waals surface area contributed by atoms with Crippen molar-refractivity contribution in [3.63, 3.8) is 0 Å². The van der Waals surface area contributed by atoms with Gasteiger partial charge in [-0.15, -0.1) is 0 Å². The van der Waals surface area contributed by atoms with E-state index in [4.69, 9.17) is 14.2 Å². The van der Waals surface area contributed by atoms with Gasteiger partial charge in [0, 0.05) is 32.2 Å². The van der Waals surface area contributed by atoms with Gasteiger partial charge < -0.3 is 19.1 Å². The third-order valence-electron chi connectivity index (χ3n) is 5.26. The molecule has 6 heteroatoms. The van der Waals surface area contributed by atoms with Gasteiger partial charge in [0.2, 0.25) is 0 Å². The van der Waals surface area contributed by atoms with Crippen LogP contribution in [-0.4, -0.2) is 74.4 Å². The smallest absolute Gasteiger partial charge is 0.258 e. The number of rotatable bonds is 3. The van der Waals surface area contributed by atoms with Crippen LogP contribution in [0.25, 0.3) is 0 Å². The third kappa shape index (κ3) is 3.60. The summed E-state index contributed by atoms with van der Waals surface area (Å²) in [6, 6.07) is 5.87. The van der Waals surface area contributed by atoms with E-state index in [1.54, 1.807) is 0 Å². The average molecular weight is 346 g/mol. The number of para-hydroxylation sites is 1. The summed E-state index contributed by atoms with van der Waals surface area (Å²) in [5, 5.41) is 0. The number of benzene rings is 1. The van der Waals surface area contributed by atoms with Gasteiger partial charge >= 0.3 is 0 Å².